The normalized spacial score (nSPS) is 16.3. The molecule has 0 saturated carbocycles. The number of fused-ring (bicyclic) bond motifs is 1. The third kappa shape index (κ3) is 9.71. The Kier molecular flexibility index (Phi) is 12.9. The average Bonchev–Trinajstić information content (AvgIpc) is 3.22. The second-order valence-corrected chi connectivity index (χ2v) is 11.6. The number of carbonyl (C=O) groups excluding carboxylic acids is 1. The Labute approximate surface area is 241 Å². The summed E-state index contributed by atoms with van der Waals surface area (Å²) in [5.74, 6) is -0.680. The van der Waals surface area contributed by atoms with Crippen molar-refractivity contribution in [2.45, 2.75) is 91.3 Å². The number of amides is 1. The summed E-state index contributed by atoms with van der Waals surface area (Å²) in [7, 11) is 0. The van der Waals surface area contributed by atoms with Gasteiger partial charge in [-0.05, 0) is 62.1 Å². The van der Waals surface area contributed by atoms with Gasteiger partial charge < -0.3 is 20.5 Å². The van der Waals surface area contributed by atoms with Crippen molar-refractivity contribution in [3.63, 3.8) is 0 Å². The summed E-state index contributed by atoms with van der Waals surface area (Å²) in [5.41, 5.74) is 1.27. The molecule has 210 valence electrons. The molecule has 0 spiro atoms. The second kappa shape index (κ2) is 14.1. The van der Waals surface area contributed by atoms with E-state index in [4.69, 9.17) is 0 Å². The Morgan fingerprint density at radius 3 is 2.51 bits per heavy atom. The summed E-state index contributed by atoms with van der Waals surface area (Å²) in [5, 5.41) is 9.89. The van der Waals surface area contributed by atoms with E-state index >= 15 is 0 Å². The molecule has 3 N–H and O–H groups in total. The fourth-order valence-corrected chi connectivity index (χ4v) is 4.56. The van der Waals surface area contributed by atoms with Crippen molar-refractivity contribution in [1.29, 1.82) is 0 Å². The number of halogens is 4. The fraction of sp³-hybridized carbons (Fsp3) is 0.630. The molecule has 0 fully saturated rings. The third-order valence-electron chi connectivity index (χ3n) is 6.54. The molecule has 0 aliphatic heterocycles. The van der Waals surface area contributed by atoms with E-state index < -0.39 is 17.7 Å². The Morgan fingerprint density at radius 1 is 1.16 bits per heavy atom. The molecule has 1 amide bonds. The van der Waals surface area contributed by atoms with Crippen LogP contribution in [0.5, 0.6) is 0 Å². The maximum absolute atomic E-state index is 14.3. The maximum atomic E-state index is 14.3. The fourth-order valence-electron chi connectivity index (χ4n) is 4.56. The van der Waals surface area contributed by atoms with Crippen molar-refractivity contribution >= 4 is 45.7 Å². The van der Waals surface area contributed by atoms with Crippen molar-refractivity contribution in [2.75, 3.05) is 18.4 Å². The van der Waals surface area contributed by atoms with Gasteiger partial charge in [0.2, 0.25) is 5.91 Å². The summed E-state index contributed by atoms with van der Waals surface area (Å²) in [6.45, 7) is 14.6. The van der Waals surface area contributed by atoms with Gasteiger partial charge in [0.15, 0.2) is 5.82 Å². The molecule has 2 aromatic rings. The Hall–Kier alpha value is -1.36. The molecule has 1 aromatic heterocycles. The zero-order valence-corrected chi connectivity index (χ0v) is 26.2. The van der Waals surface area contributed by atoms with Crippen LogP contribution in [0.15, 0.2) is 24.7 Å². The largest absolute Gasteiger partial charge is 0.328 e. The molecular weight excluding hydrogens is 608 g/mol. The molecule has 2 atom stereocenters. The number of benzene rings is 1. The van der Waals surface area contributed by atoms with Crippen LogP contribution in [0, 0.1) is 17.0 Å². The highest BCUT2D eigenvalue weighted by molar-refractivity contribution is 8.93. The Balaban J connectivity index is 0.00000342. The Morgan fingerprint density at radius 2 is 1.86 bits per heavy atom. The van der Waals surface area contributed by atoms with Crippen LogP contribution in [0.25, 0.3) is 0 Å². The first kappa shape index (κ1) is 33.7. The first-order chi connectivity index (χ1) is 16.4. The number of anilines is 1. The Bertz CT molecular complexity index is 1020. The van der Waals surface area contributed by atoms with E-state index in [0.29, 0.717) is 30.6 Å². The number of nitrogens with one attached hydrogen (secondary N) is 3. The SMILES string of the molecule is Br.Br.CCCC(NC1CCc2cc(F)cc(F)c2C1)C(=O)Nc1cn(C(C)(C)CNCC(C)(C)C)cn1. The standard InChI is InChI=1S/C27H41F2N5O.2BrH/c1-7-8-23(32-20-10-9-18-11-19(28)12-22(29)21(18)13-20)25(35)33-24-14-34(17-31-24)27(5,6)16-30-15-26(2,3)4;;/h11-12,14,17,20,23,30,32H,7-10,13,15-16H2,1-6H3,(H,33,35);2*1H. The average molecular weight is 651 g/mol. The predicted molar refractivity (Wildman–Crippen MR) is 157 cm³/mol. The van der Waals surface area contributed by atoms with E-state index in [0.717, 1.165) is 37.6 Å². The third-order valence-corrected chi connectivity index (χ3v) is 6.54. The van der Waals surface area contributed by atoms with Gasteiger partial charge >= 0.3 is 0 Å². The zero-order valence-electron chi connectivity index (χ0n) is 22.8. The molecule has 3 rings (SSSR count). The second-order valence-electron chi connectivity index (χ2n) is 11.6. The van der Waals surface area contributed by atoms with Gasteiger partial charge in [-0.25, -0.2) is 13.8 Å². The van der Waals surface area contributed by atoms with Gasteiger partial charge in [-0.1, -0.05) is 34.1 Å². The number of imidazole rings is 1. The maximum Gasteiger partial charge on any atom is 0.242 e. The zero-order chi connectivity index (χ0) is 25.8. The van der Waals surface area contributed by atoms with E-state index in [2.05, 4.69) is 55.6 Å². The highest BCUT2D eigenvalue weighted by Gasteiger charge is 2.28. The van der Waals surface area contributed by atoms with E-state index in [1.54, 1.807) is 6.33 Å². The van der Waals surface area contributed by atoms with Crippen LogP contribution in [-0.2, 0) is 23.2 Å². The molecule has 0 bridgehead atoms. The number of aryl methyl sites for hydroxylation is 1. The van der Waals surface area contributed by atoms with Gasteiger partial charge in [-0.2, -0.15) is 0 Å². The predicted octanol–water partition coefficient (Wildman–Crippen LogP) is 5.94. The molecule has 0 radical (unpaired) electrons. The molecular formula is C27H43Br2F2N5O. The molecule has 1 heterocycles. The lowest BCUT2D eigenvalue weighted by Gasteiger charge is -2.30. The summed E-state index contributed by atoms with van der Waals surface area (Å²) in [6, 6.07) is 1.90. The number of hydrogen-bond acceptors (Lipinski definition) is 4. The van der Waals surface area contributed by atoms with Crippen LogP contribution in [-0.4, -0.2) is 40.6 Å². The lowest BCUT2D eigenvalue weighted by molar-refractivity contribution is -0.118. The van der Waals surface area contributed by atoms with Gasteiger partial charge in [0.05, 0.1) is 17.9 Å². The van der Waals surface area contributed by atoms with Crippen molar-refractivity contribution in [3.05, 3.63) is 47.4 Å². The van der Waals surface area contributed by atoms with Gasteiger partial charge in [0.25, 0.3) is 0 Å². The van der Waals surface area contributed by atoms with Crippen LogP contribution in [0.4, 0.5) is 14.6 Å². The van der Waals surface area contributed by atoms with Crippen molar-refractivity contribution < 1.29 is 13.6 Å². The molecule has 1 aromatic carbocycles. The molecule has 10 heteroatoms. The first-order valence-corrected chi connectivity index (χ1v) is 12.7. The minimum absolute atomic E-state index is 0. The van der Waals surface area contributed by atoms with Crippen molar-refractivity contribution in [3.8, 4) is 0 Å². The quantitative estimate of drug-likeness (QED) is 0.298. The highest BCUT2D eigenvalue weighted by atomic mass is 79.9. The molecule has 1 aliphatic rings. The van der Waals surface area contributed by atoms with Gasteiger partial charge in [-0.3, -0.25) is 4.79 Å². The van der Waals surface area contributed by atoms with Crippen LogP contribution in [0.3, 0.4) is 0 Å². The number of hydrogen-bond donors (Lipinski definition) is 3. The monoisotopic (exact) mass is 649 g/mol. The van der Waals surface area contributed by atoms with E-state index in [-0.39, 0.29) is 56.9 Å². The number of nitrogens with zero attached hydrogens (tertiary/aromatic N) is 2. The van der Waals surface area contributed by atoms with Gasteiger partial charge in [0.1, 0.15) is 11.6 Å². The smallest absolute Gasteiger partial charge is 0.242 e. The lowest BCUT2D eigenvalue weighted by Crippen LogP contribution is -2.48. The van der Waals surface area contributed by atoms with Gasteiger partial charge in [-0.15, -0.1) is 34.0 Å². The topological polar surface area (TPSA) is 71.0 Å². The van der Waals surface area contributed by atoms with Crippen LogP contribution < -0.4 is 16.0 Å². The number of carbonyl (C=O) groups is 1. The highest BCUT2D eigenvalue weighted by Crippen LogP contribution is 2.26. The molecule has 1 aliphatic carbocycles. The van der Waals surface area contributed by atoms with Crippen molar-refractivity contribution in [2.24, 2.45) is 5.41 Å². The van der Waals surface area contributed by atoms with E-state index in [1.165, 1.54) is 6.07 Å². The van der Waals surface area contributed by atoms with Crippen LogP contribution in [0.1, 0.15) is 71.9 Å². The lowest BCUT2D eigenvalue weighted by atomic mass is 9.87. The first-order valence-electron chi connectivity index (χ1n) is 12.7. The molecule has 37 heavy (non-hydrogen) atoms. The molecule has 0 saturated heterocycles. The molecule has 6 nitrogen and oxygen atoms in total. The summed E-state index contributed by atoms with van der Waals surface area (Å²) >= 11 is 0. The van der Waals surface area contributed by atoms with Crippen LogP contribution >= 0.6 is 34.0 Å². The summed E-state index contributed by atoms with van der Waals surface area (Å²) < 4.78 is 29.9. The minimum atomic E-state index is -0.538. The number of rotatable bonds is 10. The summed E-state index contributed by atoms with van der Waals surface area (Å²) in [4.78, 5) is 17.5. The number of aromatic nitrogens is 2. The van der Waals surface area contributed by atoms with Gasteiger partial charge in [0, 0.05) is 31.4 Å². The minimum Gasteiger partial charge on any atom is -0.328 e. The van der Waals surface area contributed by atoms with Crippen LogP contribution in [0.2, 0.25) is 0 Å². The van der Waals surface area contributed by atoms with Crippen molar-refractivity contribution in [1.82, 2.24) is 20.2 Å². The van der Waals surface area contributed by atoms with E-state index in [1.807, 2.05) is 17.7 Å². The summed E-state index contributed by atoms with van der Waals surface area (Å²) in [6.07, 6.45) is 6.86. The van der Waals surface area contributed by atoms with E-state index in [9.17, 15) is 13.6 Å². The molecule has 2 unspecified atom stereocenters.